The molecule has 4 aliphatic rings. The van der Waals surface area contributed by atoms with Gasteiger partial charge in [0.2, 0.25) is 0 Å². The van der Waals surface area contributed by atoms with Gasteiger partial charge in [-0.05, 0) is 73.2 Å². The molecule has 6 rings (SSSR count). The second kappa shape index (κ2) is 17.3. The molecule has 13 atom stereocenters. The Kier molecular flexibility index (Phi) is 13.1. The van der Waals surface area contributed by atoms with Crippen LogP contribution in [0.3, 0.4) is 0 Å². The van der Waals surface area contributed by atoms with Crippen LogP contribution >= 0.6 is 0 Å². The molecule has 0 spiro atoms. The number of aromatic hydroxyl groups is 1. The SMILES string of the molecule is CCC1OC(=O)C(C)C(=O)C(C)C(OC2OC(C)CC(N(C)C)C2O)C(C)(OC)CC(C)C(=O)C(C)C2N(C3CN(Cc4c(O)cnc5cccnc45)C3)C(=O)OC12C. The predicted octanol–water partition coefficient (Wildman–Crippen LogP) is 3.72. The summed E-state index contributed by atoms with van der Waals surface area (Å²) in [4.78, 5) is 71.7. The van der Waals surface area contributed by atoms with Gasteiger partial charge in [0.15, 0.2) is 17.7 Å². The molecule has 59 heavy (non-hydrogen) atoms. The fourth-order valence-corrected chi connectivity index (χ4v) is 10.1. The highest BCUT2D eigenvalue weighted by atomic mass is 16.7. The minimum Gasteiger partial charge on any atom is -0.506 e. The van der Waals surface area contributed by atoms with Crippen LogP contribution in [0.15, 0.2) is 24.5 Å². The van der Waals surface area contributed by atoms with E-state index in [4.69, 9.17) is 23.7 Å². The molecular formula is C43H63N5O11. The number of cyclic esters (lactones) is 1. The van der Waals surface area contributed by atoms with Gasteiger partial charge in [-0.3, -0.25) is 34.2 Å². The fourth-order valence-electron chi connectivity index (χ4n) is 10.1. The van der Waals surface area contributed by atoms with Crippen molar-refractivity contribution in [2.75, 3.05) is 34.3 Å². The van der Waals surface area contributed by atoms with E-state index < -0.39 is 83.4 Å². The number of nitrogens with zero attached hydrogens (tertiary/aromatic N) is 5. The minimum atomic E-state index is -1.46. The number of aliphatic hydroxyl groups is 1. The first-order valence-corrected chi connectivity index (χ1v) is 20.9. The number of likely N-dealkylation sites (tertiary alicyclic amines) is 1. The number of Topliss-reactive ketones (excluding diaryl/α,β-unsaturated/α-hetero) is 2. The van der Waals surface area contributed by atoms with Crippen LogP contribution in [-0.2, 0) is 44.6 Å². The Morgan fingerprint density at radius 1 is 1.02 bits per heavy atom. The molecule has 1 amide bonds. The van der Waals surface area contributed by atoms with Crippen LogP contribution in [0.25, 0.3) is 11.0 Å². The van der Waals surface area contributed by atoms with E-state index in [0.29, 0.717) is 42.7 Å². The molecule has 0 saturated carbocycles. The van der Waals surface area contributed by atoms with Crippen LogP contribution in [0, 0.1) is 23.7 Å². The van der Waals surface area contributed by atoms with Crippen molar-refractivity contribution in [1.82, 2.24) is 24.7 Å². The van der Waals surface area contributed by atoms with E-state index in [1.54, 1.807) is 58.7 Å². The Morgan fingerprint density at radius 2 is 1.71 bits per heavy atom. The van der Waals surface area contributed by atoms with E-state index in [2.05, 4.69) is 14.9 Å². The van der Waals surface area contributed by atoms with Crippen LogP contribution in [0.2, 0.25) is 0 Å². The molecule has 2 aromatic rings. The van der Waals surface area contributed by atoms with Crippen molar-refractivity contribution in [3.05, 3.63) is 30.1 Å². The first-order chi connectivity index (χ1) is 27.8. The third-order valence-corrected chi connectivity index (χ3v) is 13.5. The standard InChI is InChI=1S/C43H63N5O11/c1-12-32-43(8)37(48(41(54)59-43)27-19-47(20-27)21-28-31(49)18-45-29-14-13-15-44-33(28)29)24(4)34(50)22(2)17-42(7,55-11)38(25(5)35(51)26(6)39(53)57-32)58-40-36(52)30(46(9)10)16-23(3)56-40/h13-15,18,22-27,30,32,36-38,40,49,52H,12,16-17,19-21H2,1-11H3. The second-order valence-electron chi connectivity index (χ2n) is 17.9. The number of ketones is 2. The molecular weight excluding hydrogens is 762 g/mol. The number of aliphatic hydroxyl groups excluding tert-OH is 1. The average molecular weight is 826 g/mol. The van der Waals surface area contributed by atoms with Gasteiger partial charge < -0.3 is 38.8 Å². The summed E-state index contributed by atoms with van der Waals surface area (Å²) in [6.07, 6.45) is -1.21. The van der Waals surface area contributed by atoms with Crippen molar-refractivity contribution in [3.8, 4) is 5.75 Å². The third-order valence-electron chi connectivity index (χ3n) is 13.5. The van der Waals surface area contributed by atoms with E-state index >= 15 is 0 Å². The zero-order valence-electron chi connectivity index (χ0n) is 36.3. The largest absolute Gasteiger partial charge is 0.506 e. The molecule has 2 aromatic heterocycles. The summed E-state index contributed by atoms with van der Waals surface area (Å²) in [6, 6.07) is 2.09. The van der Waals surface area contributed by atoms with Crippen LogP contribution < -0.4 is 0 Å². The van der Waals surface area contributed by atoms with E-state index in [1.807, 2.05) is 32.0 Å². The molecule has 16 nitrogen and oxygen atoms in total. The first-order valence-electron chi connectivity index (χ1n) is 20.9. The smallest absolute Gasteiger partial charge is 0.411 e. The molecule has 16 heteroatoms. The van der Waals surface area contributed by atoms with E-state index in [1.165, 1.54) is 20.2 Å². The maximum Gasteiger partial charge on any atom is 0.411 e. The summed E-state index contributed by atoms with van der Waals surface area (Å²) in [5.41, 5.74) is -0.892. The van der Waals surface area contributed by atoms with E-state index in [9.17, 15) is 29.4 Å². The van der Waals surface area contributed by atoms with Gasteiger partial charge in [-0.25, -0.2) is 4.79 Å². The van der Waals surface area contributed by atoms with Gasteiger partial charge in [-0.2, -0.15) is 0 Å². The number of likely N-dealkylation sites (N-methyl/N-ethyl adjacent to an activating group) is 1. The molecule has 326 valence electrons. The summed E-state index contributed by atoms with van der Waals surface area (Å²) < 4.78 is 31.3. The number of ether oxygens (including phenoxy) is 5. The Bertz CT molecular complexity index is 1890. The lowest BCUT2D eigenvalue weighted by Crippen LogP contribution is -2.65. The maximum atomic E-state index is 14.8. The van der Waals surface area contributed by atoms with Gasteiger partial charge >= 0.3 is 12.1 Å². The normalized spacial score (nSPS) is 38.2. The summed E-state index contributed by atoms with van der Waals surface area (Å²) in [7, 11) is 5.22. The molecule has 0 bridgehead atoms. The lowest BCUT2D eigenvalue weighted by Gasteiger charge is -2.48. The number of rotatable bonds is 8. The minimum absolute atomic E-state index is 0.0206. The van der Waals surface area contributed by atoms with E-state index in [-0.39, 0.29) is 42.6 Å². The molecule has 0 radical (unpaired) electrons. The number of carbonyl (C=O) groups is 4. The maximum absolute atomic E-state index is 14.8. The molecule has 4 saturated heterocycles. The number of esters is 1. The quantitative estimate of drug-likeness (QED) is 0.289. The highest BCUT2D eigenvalue weighted by Crippen LogP contribution is 2.45. The zero-order chi connectivity index (χ0) is 43.3. The van der Waals surface area contributed by atoms with Crippen LogP contribution in [0.4, 0.5) is 4.79 Å². The number of amides is 1. The Labute approximate surface area is 346 Å². The van der Waals surface area contributed by atoms with Crippen LogP contribution in [0.5, 0.6) is 5.75 Å². The second-order valence-corrected chi connectivity index (χ2v) is 17.9. The number of pyridine rings is 2. The molecule has 4 aliphatic heterocycles. The van der Waals surface area contributed by atoms with Crippen molar-refractivity contribution < 1.29 is 53.1 Å². The van der Waals surface area contributed by atoms with Crippen molar-refractivity contribution >= 4 is 34.7 Å². The van der Waals surface area contributed by atoms with E-state index in [0.717, 1.165) is 0 Å². The molecule has 13 unspecified atom stereocenters. The Balaban J connectivity index is 1.33. The van der Waals surface area contributed by atoms with Crippen LogP contribution in [-0.4, -0.2) is 153 Å². The molecule has 2 N–H and O–H groups in total. The summed E-state index contributed by atoms with van der Waals surface area (Å²) in [5, 5.41) is 22.2. The monoisotopic (exact) mass is 825 g/mol. The number of aromatic nitrogens is 2. The van der Waals surface area contributed by atoms with Gasteiger partial charge in [0.05, 0.1) is 47.1 Å². The first kappa shape index (κ1) is 44.7. The van der Waals surface area contributed by atoms with Gasteiger partial charge in [-0.1, -0.05) is 27.7 Å². The molecule has 0 aliphatic carbocycles. The fraction of sp³-hybridized carbons (Fsp3) is 0.721. The van der Waals surface area contributed by atoms with Gasteiger partial charge in [0.25, 0.3) is 0 Å². The van der Waals surface area contributed by atoms with Gasteiger partial charge in [0.1, 0.15) is 29.7 Å². The molecule has 6 heterocycles. The average Bonchev–Trinajstić information content (AvgIpc) is 3.45. The predicted molar refractivity (Wildman–Crippen MR) is 215 cm³/mol. The highest BCUT2D eigenvalue weighted by Gasteiger charge is 2.62. The van der Waals surface area contributed by atoms with Crippen molar-refractivity contribution in [3.63, 3.8) is 0 Å². The topological polar surface area (TPSA) is 190 Å². The summed E-state index contributed by atoms with van der Waals surface area (Å²) in [5.74, 6) is -5.12. The zero-order valence-corrected chi connectivity index (χ0v) is 36.3. The van der Waals surface area contributed by atoms with Crippen molar-refractivity contribution in [1.29, 1.82) is 0 Å². The van der Waals surface area contributed by atoms with Gasteiger partial charge in [-0.15, -0.1) is 0 Å². The number of carbonyl (C=O) groups excluding carboxylic acids is 4. The summed E-state index contributed by atoms with van der Waals surface area (Å²) in [6.45, 7) is 15.1. The van der Waals surface area contributed by atoms with Gasteiger partial charge in [0, 0.05) is 62.3 Å². The van der Waals surface area contributed by atoms with Crippen LogP contribution in [0.1, 0.15) is 80.2 Å². The van der Waals surface area contributed by atoms with Crippen molar-refractivity contribution in [2.24, 2.45) is 23.7 Å². The lowest BCUT2D eigenvalue weighted by molar-refractivity contribution is -0.295. The lowest BCUT2D eigenvalue weighted by atomic mass is 9.73. The highest BCUT2D eigenvalue weighted by molar-refractivity contribution is 6.00. The Morgan fingerprint density at radius 3 is 2.36 bits per heavy atom. The number of hydrogen-bond donors (Lipinski definition) is 2. The third kappa shape index (κ3) is 8.32. The number of fused-ring (bicyclic) bond motifs is 2. The Hall–Kier alpha value is -3.80. The molecule has 0 aromatic carbocycles. The number of hydrogen-bond acceptors (Lipinski definition) is 15. The van der Waals surface area contributed by atoms with Crippen molar-refractivity contribution in [2.45, 2.75) is 141 Å². The molecule has 4 fully saturated rings. The summed E-state index contributed by atoms with van der Waals surface area (Å²) >= 11 is 0. The number of methoxy groups -OCH3 is 1.